The Labute approximate surface area is 150 Å². The van der Waals surface area contributed by atoms with Gasteiger partial charge in [0.2, 0.25) is 0 Å². The second-order valence-corrected chi connectivity index (χ2v) is 6.09. The third-order valence-electron chi connectivity index (χ3n) is 4.33. The third kappa shape index (κ3) is 3.60. The van der Waals surface area contributed by atoms with Crippen molar-refractivity contribution < 1.29 is 14.6 Å². The fourth-order valence-electron chi connectivity index (χ4n) is 2.85. The van der Waals surface area contributed by atoms with Crippen LogP contribution in [0, 0.1) is 0 Å². The number of benzene rings is 2. The Morgan fingerprint density at radius 3 is 2.62 bits per heavy atom. The number of hydrogen-bond donors (Lipinski definition) is 3. The second-order valence-electron chi connectivity index (χ2n) is 6.09. The van der Waals surface area contributed by atoms with Gasteiger partial charge in [-0.05, 0) is 30.2 Å². The van der Waals surface area contributed by atoms with Crippen LogP contribution in [-0.2, 0) is 6.54 Å². The van der Waals surface area contributed by atoms with E-state index < -0.39 is 5.97 Å². The molecule has 0 fully saturated rings. The molecule has 1 heterocycles. The van der Waals surface area contributed by atoms with Gasteiger partial charge in [0.25, 0.3) is 0 Å². The molecule has 3 aromatic rings. The average molecular weight is 352 g/mol. The van der Waals surface area contributed by atoms with Gasteiger partial charge in [-0.2, -0.15) is 0 Å². The minimum absolute atomic E-state index is 0.0212. The summed E-state index contributed by atoms with van der Waals surface area (Å²) in [6.07, 6.45) is 0. The van der Waals surface area contributed by atoms with Crippen molar-refractivity contribution in [3.8, 4) is 5.75 Å². The minimum atomic E-state index is -1.19. The molecule has 134 valence electrons. The maximum Gasteiger partial charge on any atom is 0.352 e. The highest BCUT2D eigenvalue weighted by molar-refractivity contribution is 5.92. The van der Waals surface area contributed by atoms with E-state index in [2.05, 4.69) is 10.3 Å². The van der Waals surface area contributed by atoms with Crippen molar-refractivity contribution in [2.24, 2.45) is 0 Å². The molecule has 0 amide bonds. The van der Waals surface area contributed by atoms with Crippen LogP contribution in [0.15, 0.2) is 53.3 Å². The number of ether oxygens (including phenoxy) is 1. The van der Waals surface area contributed by atoms with Gasteiger partial charge in [0, 0.05) is 24.0 Å². The Kier molecular flexibility index (Phi) is 5.04. The number of methoxy groups -OCH3 is 1. The van der Waals surface area contributed by atoms with Gasteiger partial charge in [-0.25, -0.2) is 4.79 Å². The van der Waals surface area contributed by atoms with Crippen LogP contribution in [0.3, 0.4) is 0 Å². The van der Waals surface area contributed by atoms with Gasteiger partial charge in [0.15, 0.2) is 5.43 Å². The van der Waals surface area contributed by atoms with Crippen LogP contribution in [0.5, 0.6) is 5.75 Å². The maximum atomic E-state index is 12.4. The zero-order chi connectivity index (χ0) is 18.7. The SMILES string of the molecule is COc1cc(C(C)NCc2ccccc2)cc2c(=O)cc(C(=O)O)[nH]c12. The monoisotopic (exact) mass is 352 g/mol. The molecule has 6 nitrogen and oxygen atoms in total. The van der Waals surface area contributed by atoms with Crippen molar-refractivity contribution in [1.29, 1.82) is 0 Å². The first kappa shape index (κ1) is 17.7. The molecule has 3 rings (SSSR count). The largest absolute Gasteiger partial charge is 0.495 e. The van der Waals surface area contributed by atoms with Crippen molar-refractivity contribution in [3.05, 3.63) is 75.6 Å². The summed E-state index contributed by atoms with van der Waals surface area (Å²) >= 11 is 0. The van der Waals surface area contributed by atoms with Gasteiger partial charge in [-0.1, -0.05) is 30.3 Å². The first-order chi connectivity index (χ1) is 12.5. The van der Waals surface area contributed by atoms with Gasteiger partial charge in [0.1, 0.15) is 11.4 Å². The molecule has 1 atom stereocenters. The number of aromatic amines is 1. The lowest BCUT2D eigenvalue weighted by Crippen LogP contribution is -2.19. The molecule has 0 radical (unpaired) electrons. The molecule has 1 aromatic heterocycles. The van der Waals surface area contributed by atoms with Crippen LogP contribution in [0.4, 0.5) is 0 Å². The van der Waals surface area contributed by atoms with E-state index in [1.54, 1.807) is 6.07 Å². The number of carbonyl (C=O) groups is 1. The summed E-state index contributed by atoms with van der Waals surface area (Å²) < 4.78 is 5.38. The Morgan fingerprint density at radius 1 is 1.23 bits per heavy atom. The summed E-state index contributed by atoms with van der Waals surface area (Å²) in [6.45, 7) is 2.69. The number of pyridine rings is 1. The Bertz CT molecular complexity index is 996. The van der Waals surface area contributed by atoms with Gasteiger partial charge in [-0.3, -0.25) is 4.79 Å². The van der Waals surface area contributed by atoms with Crippen molar-refractivity contribution in [2.45, 2.75) is 19.5 Å². The lowest BCUT2D eigenvalue weighted by molar-refractivity contribution is 0.0691. The quantitative estimate of drug-likeness (QED) is 0.634. The lowest BCUT2D eigenvalue weighted by Gasteiger charge is -2.17. The molecule has 0 aliphatic heterocycles. The van der Waals surface area contributed by atoms with Crippen molar-refractivity contribution in [1.82, 2.24) is 10.3 Å². The lowest BCUT2D eigenvalue weighted by atomic mass is 10.0. The Balaban J connectivity index is 1.96. The number of aromatic nitrogens is 1. The Hall–Kier alpha value is -3.12. The molecule has 2 aromatic carbocycles. The topological polar surface area (TPSA) is 91.4 Å². The van der Waals surface area contributed by atoms with Crippen molar-refractivity contribution in [3.63, 3.8) is 0 Å². The molecule has 3 N–H and O–H groups in total. The Morgan fingerprint density at radius 2 is 1.96 bits per heavy atom. The number of carboxylic acid groups (broad SMARTS) is 1. The normalized spacial score (nSPS) is 12.1. The molecule has 0 bridgehead atoms. The molecule has 1 unspecified atom stereocenters. The van der Waals surface area contributed by atoms with E-state index >= 15 is 0 Å². The first-order valence-corrected chi connectivity index (χ1v) is 8.25. The highest BCUT2D eigenvalue weighted by atomic mass is 16.5. The number of aromatic carboxylic acids is 1. The summed E-state index contributed by atoms with van der Waals surface area (Å²) in [4.78, 5) is 26.3. The zero-order valence-electron chi connectivity index (χ0n) is 14.6. The standard InChI is InChI=1S/C20H20N2O4/c1-12(21-11-13-6-4-3-5-7-13)14-8-15-17(23)10-16(20(24)25)22-19(15)18(9-14)26-2/h3-10,12,21H,11H2,1-2H3,(H,22,23)(H,24,25). The first-order valence-electron chi connectivity index (χ1n) is 8.25. The molecule has 0 aliphatic carbocycles. The summed E-state index contributed by atoms with van der Waals surface area (Å²) in [7, 11) is 1.49. The molecule has 0 aliphatic rings. The third-order valence-corrected chi connectivity index (χ3v) is 4.33. The molecule has 0 spiro atoms. The molecule has 6 heteroatoms. The van der Waals surface area contributed by atoms with Crippen LogP contribution in [-0.4, -0.2) is 23.2 Å². The van der Waals surface area contributed by atoms with E-state index in [1.807, 2.05) is 43.3 Å². The summed E-state index contributed by atoms with van der Waals surface area (Å²) in [5, 5.41) is 13.0. The van der Waals surface area contributed by atoms with Crippen LogP contribution >= 0.6 is 0 Å². The van der Waals surface area contributed by atoms with Crippen LogP contribution < -0.4 is 15.5 Å². The van der Waals surface area contributed by atoms with E-state index in [9.17, 15) is 9.59 Å². The summed E-state index contributed by atoms with van der Waals surface area (Å²) in [5.41, 5.74) is 1.92. The smallest absolute Gasteiger partial charge is 0.352 e. The van der Waals surface area contributed by atoms with E-state index in [0.717, 1.165) is 17.2 Å². The number of rotatable bonds is 6. The van der Waals surface area contributed by atoms with Gasteiger partial charge >= 0.3 is 5.97 Å². The van der Waals surface area contributed by atoms with Crippen LogP contribution in [0.1, 0.15) is 34.6 Å². The zero-order valence-corrected chi connectivity index (χ0v) is 14.6. The molecular weight excluding hydrogens is 332 g/mol. The van der Waals surface area contributed by atoms with Gasteiger partial charge < -0.3 is 20.1 Å². The van der Waals surface area contributed by atoms with E-state index in [1.165, 1.54) is 7.11 Å². The fraction of sp³-hybridized carbons (Fsp3) is 0.200. The summed E-state index contributed by atoms with van der Waals surface area (Å²) in [6, 6.07) is 14.7. The van der Waals surface area contributed by atoms with Crippen molar-refractivity contribution in [2.75, 3.05) is 7.11 Å². The van der Waals surface area contributed by atoms with Gasteiger partial charge in [0.05, 0.1) is 12.6 Å². The van der Waals surface area contributed by atoms with Gasteiger partial charge in [-0.15, -0.1) is 0 Å². The second kappa shape index (κ2) is 7.41. The average Bonchev–Trinajstić information content (AvgIpc) is 2.66. The molecule has 26 heavy (non-hydrogen) atoms. The molecular formula is C20H20N2O4. The predicted octanol–water partition coefficient (Wildman–Crippen LogP) is 3.09. The van der Waals surface area contributed by atoms with Crippen molar-refractivity contribution >= 4 is 16.9 Å². The minimum Gasteiger partial charge on any atom is -0.495 e. The summed E-state index contributed by atoms with van der Waals surface area (Å²) in [5.74, 6) is -0.751. The van der Waals surface area contributed by atoms with E-state index in [4.69, 9.17) is 9.84 Å². The van der Waals surface area contributed by atoms with Crippen LogP contribution in [0.25, 0.3) is 10.9 Å². The van der Waals surface area contributed by atoms with E-state index in [0.29, 0.717) is 23.2 Å². The van der Waals surface area contributed by atoms with E-state index in [-0.39, 0.29) is 17.2 Å². The number of nitrogens with one attached hydrogen (secondary N) is 2. The highest BCUT2D eigenvalue weighted by Crippen LogP contribution is 2.27. The molecule has 0 saturated carbocycles. The fourth-order valence-corrected chi connectivity index (χ4v) is 2.85. The number of H-pyrrole nitrogens is 1. The molecule has 0 saturated heterocycles. The number of fused-ring (bicyclic) bond motifs is 1. The maximum absolute atomic E-state index is 12.4. The van der Waals surface area contributed by atoms with Crippen LogP contribution in [0.2, 0.25) is 0 Å². The predicted molar refractivity (Wildman–Crippen MR) is 99.8 cm³/mol. The number of hydrogen-bond acceptors (Lipinski definition) is 4. The number of carboxylic acids is 1. The highest BCUT2D eigenvalue weighted by Gasteiger charge is 2.15.